The summed E-state index contributed by atoms with van der Waals surface area (Å²) in [6.07, 6.45) is 1.68. The number of alkyl halides is 1. The van der Waals surface area contributed by atoms with Crippen molar-refractivity contribution in [1.82, 2.24) is 15.5 Å². The van der Waals surface area contributed by atoms with Crippen LogP contribution in [0, 0.1) is 11.7 Å². The monoisotopic (exact) mass is 401 g/mol. The third kappa shape index (κ3) is 7.81. The minimum Gasteiger partial charge on any atom is -0.352 e. The van der Waals surface area contributed by atoms with Crippen LogP contribution in [-0.4, -0.2) is 55.1 Å². The van der Waals surface area contributed by atoms with Crippen molar-refractivity contribution in [2.45, 2.75) is 32.4 Å². The van der Waals surface area contributed by atoms with Gasteiger partial charge in [0.1, 0.15) is 11.5 Å². The average Bonchev–Trinajstić information content (AvgIpc) is 2.57. The number of amides is 2. The van der Waals surface area contributed by atoms with Gasteiger partial charge >= 0.3 is 0 Å². The Balaban J connectivity index is 1.70. The van der Waals surface area contributed by atoms with Gasteiger partial charge in [-0.05, 0) is 63.9 Å². The number of carbonyl (C=O) groups is 2. The summed E-state index contributed by atoms with van der Waals surface area (Å²) < 4.78 is 26.7. The zero-order chi connectivity index (χ0) is 20.0. The van der Waals surface area contributed by atoms with Crippen molar-refractivity contribution in [3.05, 3.63) is 34.6 Å². The molecule has 1 heterocycles. The molecule has 0 aromatic heterocycles. The van der Waals surface area contributed by atoms with Crippen molar-refractivity contribution >= 4 is 23.4 Å². The van der Waals surface area contributed by atoms with Crippen molar-refractivity contribution in [2.75, 3.05) is 32.7 Å². The SMILES string of the molecule is CC(C)(F)CNC(=O)CN1CCC(CNC(=O)c2cc(F)cc(Cl)c2)CC1. The second-order valence-electron chi connectivity index (χ2n) is 7.58. The first-order valence-corrected chi connectivity index (χ1v) is 9.42. The van der Waals surface area contributed by atoms with Crippen LogP contribution in [0.15, 0.2) is 18.2 Å². The molecule has 27 heavy (non-hydrogen) atoms. The van der Waals surface area contributed by atoms with Crippen LogP contribution in [-0.2, 0) is 4.79 Å². The predicted octanol–water partition coefficient (Wildman–Crippen LogP) is 2.79. The lowest BCUT2D eigenvalue weighted by Crippen LogP contribution is -2.45. The van der Waals surface area contributed by atoms with Gasteiger partial charge in [0.15, 0.2) is 0 Å². The smallest absolute Gasteiger partial charge is 0.251 e. The number of halogens is 3. The largest absolute Gasteiger partial charge is 0.352 e. The number of benzene rings is 1. The molecular weight excluding hydrogens is 376 g/mol. The van der Waals surface area contributed by atoms with E-state index in [1.54, 1.807) is 0 Å². The maximum Gasteiger partial charge on any atom is 0.251 e. The highest BCUT2D eigenvalue weighted by atomic mass is 35.5. The first kappa shape index (κ1) is 21.6. The van der Waals surface area contributed by atoms with Crippen molar-refractivity contribution in [2.24, 2.45) is 5.92 Å². The summed E-state index contributed by atoms with van der Waals surface area (Å²) in [5, 5.41) is 5.59. The van der Waals surface area contributed by atoms with Crippen LogP contribution >= 0.6 is 11.6 Å². The first-order chi connectivity index (χ1) is 12.6. The van der Waals surface area contributed by atoms with E-state index in [2.05, 4.69) is 10.6 Å². The molecular formula is C19H26ClF2N3O2. The van der Waals surface area contributed by atoms with Crippen molar-refractivity contribution in [3.8, 4) is 0 Å². The van der Waals surface area contributed by atoms with E-state index in [9.17, 15) is 18.4 Å². The summed E-state index contributed by atoms with van der Waals surface area (Å²) in [5.41, 5.74) is -1.22. The van der Waals surface area contributed by atoms with E-state index < -0.39 is 11.5 Å². The molecule has 2 N–H and O–H groups in total. The number of hydrogen-bond donors (Lipinski definition) is 2. The fourth-order valence-corrected chi connectivity index (χ4v) is 3.16. The molecule has 2 rings (SSSR count). The fourth-order valence-electron chi connectivity index (χ4n) is 2.94. The van der Waals surface area contributed by atoms with Crippen LogP contribution in [0.1, 0.15) is 37.0 Å². The quantitative estimate of drug-likeness (QED) is 0.738. The summed E-state index contributed by atoms with van der Waals surface area (Å²) >= 11 is 5.77. The molecule has 0 saturated carbocycles. The standard InChI is InChI=1S/C19H26ClF2N3O2/c1-19(2,22)12-24-17(26)11-25-5-3-13(4-6-25)10-23-18(27)14-7-15(20)9-16(21)8-14/h7-9,13H,3-6,10-12H2,1-2H3,(H,23,27)(H,24,26). The lowest BCUT2D eigenvalue weighted by atomic mass is 9.96. The molecule has 150 valence electrons. The lowest BCUT2D eigenvalue weighted by Gasteiger charge is -2.31. The Labute approximate surface area is 163 Å². The molecule has 1 aromatic rings. The van der Waals surface area contributed by atoms with Gasteiger partial charge in [-0.3, -0.25) is 14.5 Å². The number of nitrogens with zero attached hydrogens (tertiary/aromatic N) is 1. The summed E-state index contributed by atoms with van der Waals surface area (Å²) in [5.74, 6) is -0.792. The minimum absolute atomic E-state index is 0.00156. The van der Waals surface area contributed by atoms with Gasteiger partial charge in [0, 0.05) is 17.1 Å². The van der Waals surface area contributed by atoms with E-state index in [-0.39, 0.29) is 35.5 Å². The summed E-state index contributed by atoms with van der Waals surface area (Å²) in [6, 6.07) is 3.74. The highest BCUT2D eigenvalue weighted by Gasteiger charge is 2.23. The Morgan fingerprint density at radius 3 is 2.48 bits per heavy atom. The van der Waals surface area contributed by atoms with E-state index in [0.29, 0.717) is 12.5 Å². The second-order valence-corrected chi connectivity index (χ2v) is 8.02. The molecule has 2 amide bonds. The summed E-state index contributed by atoms with van der Waals surface area (Å²) in [6.45, 7) is 5.05. The van der Waals surface area contributed by atoms with E-state index in [1.807, 2.05) is 4.90 Å². The highest BCUT2D eigenvalue weighted by Crippen LogP contribution is 2.17. The predicted molar refractivity (Wildman–Crippen MR) is 101 cm³/mol. The van der Waals surface area contributed by atoms with Gasteiger partial charge in [-0.2, -0.15) is 0 Å². The Kier molecular flexibility index (Phi) is 7.56. The Hall–Kier alpha value is -1.73. The first-order valence-electron chi connectivity index (χ1n) is 9.04. The van der Waals surface area contributed by atoms with E-state index >= 15 is 0 Å². The van der Waals surface area contributed by atoms with Gasteiger partial charge in [0.2, 0.25) is 5.91 Å². The molecule has 1 aromatic carbocycles. The van der Waals surface area contributed by atoms with Crippen LogP contribution < -0.4 is 10.6 Å². The zero-order valence-electron chi connectivity index (χ0n) is 15.7. The number of likely N-dealkylation sites (tertiary alicyclic amines) is 1. The van der Waals surface area contributed by atoms with Gasteiger partial charge in [-0.15, -0.1) is 0 Å². The minimum atomic E-state index is -1.42. The molecule has 0 aliphatic carbocycles. The van der Waals surface area contributed by atoms with Crippen LogP contribution in [0.25, 0.3) is 0 Å². The second kappa shape index (κ2) is 9.46. The molecule has 0 spiro atoms. The normalized spacial score (nSPS) is 16.2. The molecule has 8 heteroatoms. The Morgan fingerprint density at radius 1 is 1.22 bits per heavy atom. The summed E-state index contributed by atoms with van der Waals surface area (Å²) in [7, 11) is 0. The van der Waals surface area contributed by atoms with Crippen molar-refractivity contribution in [3.63, 3.8) is 0 Å². The molecule has 0 unspecified atom stereocenters. The average molecular weight is 402 g/mol. The van der Waals surface area contributed by atoms with Gasteiger partial charge in [0.05, 0.1) is 13.1 Å². The maximum atomic E-state index is 13.4. The fraction of sp³-hybridized carbons (Fsp3) is 0.579. The summed E-state index contributed by atoms with van der Waals surface area (Å²) in [4.78, 5) is 26.0. The molecule has 1 saturated heterocycles. The third-order valence-electron chi connectivity index (χ3n) is 4.46. The topological polar surface area (TPSA) is 61.4 Å². The van der Waals surface area contributed by atoms with E-state index in [4.69, 9.17) is 11.6 Å². The van der Waals surface area contributed by atoms with Crippen LogP contribution in [0.5, 0.6) is 0 Å². The zero-order valence-corrected chi connectivity index (χ0v) is 16.4. The number of rotatable bonds is 7. The number of piperidine rings is 1. The molecule has 1 fully saturated rings. The van der Waals surface area contributed by atoms with Gasteiger partial charge in [-0.1, -0.05) is 11.6 Å². The molecule has 1 aliphatic heterocycles. The molecule has 5 nitrogen and oxygen atoms in total. The number of nitrogens with one attached hydrogen (secondary N) is 2. The van der Waals surface area contributed by atoms with Crippen LogP contribution in [0.2, 0.25) is 5.02 Å². The molecule has 0 bridgehead atoms. The van der Waals surface area contributed by atoms with Gasteiger partial charge in [0.25, 0.3) is 5.91 Å². The van der Waals surface area contributed by atoms with Crippen LogP contribution in [0.3, 0.4) is 0 Å². The Morgan fingerprint density at radius 2 is 1.89 bits per heavy atom. The van der Waals surface area contributed by atoms with Crippen molar-refractivity contribution < 1.29 is 18.4 Å². The Bertz CT molecular complexity index is 651. The van der Waals surface area contributed by atoms with E-state index in [1.165, 1.54) is 19.9 Å². The van der Waals surface area contributed by atoms with Gasteiger partial charge < -0.3 is 10.6 Å². The lowest BCUT2D eigenvalue weighted by molar-refractivity contribution is -0.123. The van der Waals surface area contributed by atoms with Crippen LogP contribution in [0.4, 0.5) is 8.78 Å². The van der Waals surface area contributed by atoms with Crippen molar-refractivity contribution in [1.29, 1.82) is 0 Å². The maximum absolute atomic E-state index is 13.4. The highest BCUT2D eigenvalue weighted by molar-refractivity contribution is 6.31. The number of hydrogen-bond acceptors (Lipinski definition) is 3. The van der Waals surface area contributed by atoms with E-state index in [0.717, 1.165) is 38.1 Å². The van der Waals surface area contributed by atoms with Gasteiger partial charge in [-0.25, -0.2) is 8.78 Å². The molecule has 0 atom stereocenters. The third-order valence-corrected chi connectivity index (χ3v) is 4.67. The molecule has 0 radical (unpaired) electrons. The molecule has 1 aliphatic rings. The number of carbonyl (C=O) groups excluding carboxylic acids is 2.